The van der Waals surface area contributed by atoms with E-state index in [-0.39, 0.29) is 21.5 Å². The van der Waals surface area contributed by atoms with Crippen molar-refractivity contribution >= 4 is 0 Å². The first-order valence-corrected chi connectivity index (χ1v) is 3.79. The SMILES string of the molecule is C.C.CCF.CCc1cn(CF)nn1. The molecule has 0 fully saturated rings. The molecule has 0 amide bonds. The Balaban J connectivity index is -0.000000218. The van der Waals surface area contributed by atoms with Crippen LogP contribution in [0.1, 0.15) is 34.4 Å². The van der Waals surface area contributed by atoms with Crippen molar-refractivity contribution in [1.29, 1.82) is 0 Å². The van der Waals surface area contributed by atoms with Crippen LogP contribution >= 0.6 is 0 Å². The summed E-state index contributed by atoms with van der Waals surface area (Å²) in [5.41, 5.74) is 0.827. The monoisotopic (exact) mass is 209 g/mol. The number of aromatic nitrogens is 3. The lowest BCUT2D eigenvalue weighted by Gasteiger charge is -1.83. The molecule has 0 aromatic carbocycles. The summed E-state index contributed by atoms with van der Waals surface area (Å²) in [6.45, 7) is 2.57. The average molecular weight is 209 g/mol. The molecule has 14 heavy (non-hydrogen) atoms. The van der Waals surface area contributed by atoms with Gasteiger partial charge >= 0.3 is 0 Å². The highest BCUT2D eigenvalue weighted by molar-refractivity contribution is 4.90. The van der Waals surface area contributed by atoms with E-state index in [1.165, 1.54) is 11.6 Å². The number of nitrogens with zero attached hydrogens (tertiary/aromatic N) is 3. The average Bonchev–Trinajstić information content (AvgIpc) is 2.53. The lowest BCUT2D eigenvalue weighted by Crippen LogP contribution is -1.91. The summed E-state index contributed by atoms with van der Waals surface area (Å²) in [5.74, 6) is 0. The molecular formula is C9H21F2N3. The van der Waals surface area contributed by atoms with Crippen molar-refractivity contribution in [2.75, 3.05) is 6.67 Å². The predicted molar refractivity (Wildman–Crippen MR) is 55.6 cm³/mol. The van der Waals surface area contributed by atoms with Gasteiger partial charge < -0.3 is 0 Å². The molecule has 0 aliphatic carbocycles. The van der Waals surface area contributed by atoms with E-state index in [1.54, 1.807) is 6.20 Å². The molecule has 86 valence electrons. The minimum atomic E-state index is -0.590. The number of hydrogen-bond acceptors (Lipinski definition) is 2. The molecule has 0 atom stereocenters. The summed E-state index contributed by atoms with van der Waals surface area (Å²) in [5, 5.41) is 7.18. The first kappa shape index (κ1) is 18.7. The fraction of sp³-hybridized carbons (Fsp3) is 0.778. The van der Waals surface area contributed by atoms with E-state index in [0.717, 1.165) is 12.1 Å². The van der Waals surface area contributed by atoms with E-state index in [1.807, 2.05) is 6.92 Å². The standard InChI is InChI=1S/C5H8FN3.C2H5F.2CH4/c1-2-5-3-9(4-6)8-7-5;1-2-3;;/h3H,2,4H2,1H3;2H2,1H3;2*1H4. The van der Waals surface area contributed by atoms with Crippen LogP contribution in [0.4, 0.5) is 8.78 Å². The fourth-order valence-electron chi connectivity index (χ4n) is 0.559. The molecular weight excluding hydrogens is 188 g/mol. The van der Waals surface area contributed by atoms with Gasteiger partial charge in [-0.25, -0.2) is 9.07 Å². The van der Waals surface area contributed by atoms with Crippen molar-refractivity contribution in [2.24, 2.45) is 0 Å². The molecule has 5 heteroatoms. The van der Waals surface area contributed by atoms with Crippen LogP contribution in [-0.4, -0.2) is 21.7 Å². The minimum Gasteiger partial charge on any atom is -0.251 e. The van der Waals surface area contributed by atoms with Gasteiger partial charge in [0.15, 0.2) is 6.80 Å². The molecule has 0 radical (unpaired) electrons. The second-order valence-electron chi connectivity index (χ2n) is 1.99. The molecule has 1 aromatic rings. The quantitative estimate of drug-likeness (QED) is 0.749. The van der Waals surface area contributed by atoms with Crippen molar-refractivity contribution in [3.05, 3.63) is 11.9 Å². The van der Waals surface area contributed by atoms with Crippen LogP contribution in [0.2, 0.25) is 0 Å². The van der Waals surface area contributed by atoms with E-state index >= 15 is 0 Å². The Labute approximate surface area is 85.1 Å². The number of hydrogen-bond donors (Lipinski definition) is 0. The topological polar surface area (TPSA) is 30.7 Å². The Kier molecular flexibility index (Phi) is 16.0. The third-order valence-corrected chi connectivity index (χ3v) is 1.07. The predicted octanol–water partition coefficient (Wildman–Crippen LogP) is 3.02. The molecule has 0 bridgehead atoms. The zero-order valence-corrected chi connectivity index (χ0v) is 7.30. The van der Waals surface area contributed by atoms with Gasteiger partial charge in [0.25, 0.3) is 0 Å². The van der Waals surface area contributed by atoms with Crippen molar-refractivity contribution in [3.63, 3.8) is 0 Å². The van der Waals surface area contributed by atoms with Crippen molar-refractivity contribution in [3.8, 4) is 0 Å². The van der Waals surface area contributed by atoms with E-state index in [4.69, 9.17) is 0 Å². The molecule has 0 aliphatic rings. The van der Waals surface area contributed by atoms with Gasteiger partial charge in [0.05, 0.1) is 18.6 Å². The van der Waals surface area contributed by atoms with Crippen molar-refractivity contribution in [1.82, 2.24) is 15.0 Å². The van der Waals surface area contributed by atoms with Crippen LogP contribution < -0.4 is 0 Å². The molecule has 1 heterocycles. The summed E-state index contributed by atoms with van der Waals surface area (Å²) in [7, 11) is 0. The molecule has 0 saturated heterocycles. The highest BCUT2D eigenvalue weighted by Gasteiger charge is 1.94. The molecule has 1 aromatic heterocycles. The molecule has 0 aliphatic heterocycles. The molecule has 0 N–H and O–H groups in total. The van der Waals surface area contributed by atoms with Crippen LogP contribution in [0.25, 0.3) is 0 Å². The minimum absolute atomic E-state index is 0. The van der Waals surface area contributed by atoms with Gasteiger partial charge in [0.2, 0.25) is 0 Å². The van der Waals surface area contributed by atoms with Gasteiger partial charge in [-0.2, -0.15) is 0 Å². The van der Waals surface area contributed by atoms with Gasteiger partial charge in [-0.05, 0) is 13.3 Å². The van der Waals surface area contributed by atoms with E-state index in [9.17, 15) is 8.78 Å². The molecule has 0 saturated carbocycles. The smallest absolute Gasteiger partial charge is 0.183 e. The van der Waals surface area contributed by atoms with Gasteiger partial charge in [-0.1, -0.05) is 27.0 Å². The number of alkyl halides is 2. The van der Waals surface area contributed by atoms with E-state index in [2.05, 4.69) is 10.3 Å². The Morgan fingerprint density at radius 3 is 2.00 bits per heavy atom. The van der Waals surface area contributed by atoms with E-state index < -0.39 is 6.80 Å². The maximum Gasteiger partial charge on any atom is 0.183 e. The summed E-state index contributed by atoms with van der Waals surface area (Å²) in [4.78, 5) is 0. The highest BCUT2D eigenvalue weighted by Crippen LogP contribution is 1.92. The number of halogens is 2. The van der Waals surface area contributed by atoms with Crippen molar-refractivity contribution in [2.45, 2.75) is 41.9 Å². The number of aryl methyl sites for hydroxylation is 1. The van der Waals surface area contributed by atoms with Crippen LogP contribution in [0.3, 0.4) is 0 Å². The van der Waals surface area contributed by atoms with Crippen LogP contribution in [-0.2, 0) is 13.2 Å². The maximum absolute atomic E-state index is 11.7. The normalized spacial score (nSPS) is 7.71. The van der Waals surface area contributed by atoms with Gasteiger partial charge in [-0.3, -0.25) is 4.39 Å². The lowest BCUT2D eigenvalue weighted by atomic mass is 10.4. The first-order chi connectivity index (χ1) is 5.78. The summed E-state index contributed by atoms with van der Waals surface area (Å²) in [6, 6.07) is 0. The summed E-state index contributed by atoms with van der Waals surface area (Å²) in [6.07, 6.45) is 2.40. The third-order valence-electron chi connectivity index (χ3n) is 1.07. The first-order valence-electron chi connectivity index (χ1n) is 3.79. The Morgan fingerprint density at radius 2 is 1.79 bits per heavy atom. The van der Waals surface area contributed by atoms with Crippen molar-refractivity contribution < 1.29 is 8.78 Å². The van der Waals surface area contributed by atoms with E-state index in [0.29, 0.717) is 0 Å². The molecule has 0 spiro atoms. The number of rotatable bonds is 2. The van der Waals surface area contributed by atoms with Crippen LogP contribution in [0, 0.1) is 0 Å². The van der Waals surface area contributed by atoms with Gasteiger partial charge in [0, 0.05) is 0 Å². The second kappa shape index (κ2) is 12.0. The Hall–Kier alpha value is -1.00. The van der Waals surface area contributed by atoms with Crippen LogP contribution in [0.5, 0.6) is 0 Å². The summed E-state index contributed by atoms with van der Waals surface area (Å²) >= 11 is 0. The second-order valence-corrected chi connectivity index (χ2v) is 1.99. The third kappa shape index (κ3) is 7.64. The molecule has 1 rings (SSSR count). The van der Waals surface area contributed by atoms with Crippen LogP contribution in [0.15, 0.2) is 6.20 Å². The lowest BCUT2D eigenvalue weighted by molar-refractivity contribution is 0.343. The fourth-order valence-corrected chi connectivity index (χ4v) is 0.559. The summed E-state index contributed by atoms with van der Waals surface area (Å²) < 4.78 is 23.2. The molecule has 3 nitrogen and oxygen atoms in total. The molecule has 0 unspecified atom stereocenters. The largest absolute Gasteiger partial charge is 0.251 e. The Morgan fingerprint density at radius 1 is 1.29 bits per heavy atom. The zero-order chi connectivity index (χ0) is 9.40. The zero-order valence-electron chi connectivity index (χ0n) is 7.30. The Bertz CT molecular complexity index is 183. The van der Waals surface area contributed by atoms with Gasteiger partial charge in [0.1, 0.15) is 0 Å². The van der Waals surface area contributed by atoms with Gasteiger partial charge in [-0.15, -0.1) is 5.10 Å². The highest BCUT2D eigenvalue weighted by atomic mass is 19.1. The maximum atomic E-state index is 11.7.